The number of aromatic hydroxyl groups is 1. The lowest BCUT2D eigenvalue weighted by Gasteiger charge is -2.63. The van der Waals surface area contributed by atoms with Gasteiger partial charge in [0, 0.05) is 36.3 Å². The highest BCUT2D eigenvalue weighted by atomic mass is 127. The Hall–Kier alpha value is -3.77. The number of carbonyl (C=O) groups is 2. The fraction of sp³-hybridized carbons (Fsp3) is 0.727. The number of unbranched alkanes of at least 4 members (excludes halogenated alkanes) is 14. The molecule has 4 aliphatic heterocycles. The van der Waals surface area contributed by atoms with Gasteiger partial charge < -0.3 is 48.5 Å². The Morgan fingerprint density at radius 1 is 0.605 bits per heavy atom. The maximum absolute atomic E-state index is 12.5. The van der Waals surface area contributed by atoms with E-state index < -0.39 is 34.3 Å². The predicted molar refractivity (Wildman–Crippen MR) is 321 cm³/mol. The Labute approximate surface area is 496 Å². The van der Waals surface area contributed by atoms with Crippen LogP contribution in [0.1, 0.15) is 203 Å². The van der Waals surface area contributed by atoms with Gasteiger partial charge in [0.1, 0.15) is 16.8 Å². The van der Waals surface area contributed by atoms with Crippen molar-refractivity contribution in [2.75, 3.05) is 50.8 Å². The van der Waals surface area contributed by atoms with Crippen LogP contribution in [0, 0.1) is 11.8 Å². The number of halogens is 1. The lowest BCUT2D eigenvalue weighted by atomic mass is 9.48. The summed E-state index contributed by atoms with van der Waals surface area (Å²) in [5.41, 5.74) is 4.25. The van der Waals surface area contributed by atoms with E-state index in [4.69, 9.17) is 28.4 Å². The number of rotatable bonds is 26. The summed E-state index contributed by atoms with van der Waals surface area (Å²) in [5, 5.41) is 35.0. The highest BCUT2D eigenvalue weighted by molar-refractivity contribution is 14.1. The lowest BCUT2D eigenvalue weighted by molar-refractivity contribution is -0.174. The first kappa shape index (κ1) is 60.4. The highest BCUT2D eigenvalue weighted by Gasteiger charge is 2.73. The predicted octanol–water partition coefficient (Wildman–Crippen LogP) is 13.6. The van der Waals surface area contributed by atoms with E-state index in [0.717, 1.165) is 137 Å². The minimum Gasteiger partial charge on any atom is -0.504 e. The zero-order valence-electron chi connectivity index (χ0n) is 48.9. The first-order valence-electron chi connectivity index (χ1n) is 31.7. The van der Waals surface area contributed by atoms with Crippen LogP contribution < -0.4 is 14.2 Å². The fourth-order valence-electron chi connectivity index (χ4n) is 15.9. The van der Waals surface area contributed by atoms with Gasteiger partial charge in [-0.05, 0) is 172 Å². The number of nitrogens with zero attached hydrogens (tertiary/aromatic N) is 2. The quantitative estimate of drug-likeness (QED) is 0.0203. The Morgan fingerprint density at radius 3 is 1.53 bits per heavy atom. The second-order valence-corrected chi connectivity index (χ2v) is 26.2. The Morgan fingerprint density at radius 2 is 1.05 bits per heavy atom. The summed E-state index contributed by atoms with van der Waals surface area (Å²) in [7, 11) is 0. The lowest BCUT2D eigenvalue weighted by Crippen LogP contribution is -2.75. The molecule has 4 heterocycles. The van der Waals surface area contributed by atoms with Crippen LogP contribution in [0.4, 0.5) is 9.59 Å². The van der Waals surface area contributed by atoms with E-state index in [2.05, 4.69) is 47.6 Å². The molecule has 2 aromatic carbocycles. The highest BCUT2D eigenvalue weighted by Crippen LogP contribution is 2.68. The van der Waals surface area contributed by atoms with Crippen LogP contribution in [0.5, 0.6) is 23.0 Å². The van der Waals surface area contributed by atoms with Gasteiger partial charge in [-0.15, -0.1) is 0 Å². The summed E-state index contributed by atoms with van der Waals surface area (Å²) >= 11 is 1.97. The summed E-state index contributed by atoms with van der Waals surface area (Å²) in [6.45, 7) is 17.9. The molecule has 10 aliphatic rings. The zero-order valence-corrected chi connectivity index (χ0v) is 51.1. The van der Waals surface area contributed by atoms with Crippen LogP contribution in [-0.2, 0) is 42.6 Å². The molecule has 2 unspecified atom stereocenters. The maximum Gasteiger partial charge on any atom is 0.511 e. The van der Waals surface area contributed by atoms with Gasteiger partial charge in [-0.25, -0.2) is 9.59 Å². The molecule has 2 spiro atoms. The van der Waals surface area contributed by atoms with E-state index >= 15 is 0 Å². The number of carbonyl (C=O) groups excluding carboxylic acids is 2. The van der Waals surface area contributed by atoms with E-state index in [9.17, 15) is 24.9 Å². The van der Waals surface area contributed by atoms with E-state index in [1.54, 1.807) is 6.07 Å². The number of hydrogen-bond acceptors (Lipinski definition) is 14. The smallest absolute Gasteiger partial charge is 0.504 e. The van der Waals surface area contributed by atoms with Crippen molar-refractivity contribution in [3.8, 4) is 23.0 Å². The molecule has 2 saturated heterocycles. The third kappa shape index (κ3) is 12.2. The van der Waals surface area contributed by atoms with Crippen molar-refractivity contribution in [2.24, 2.45) is 11.8 Å². The maximum atomic E-state index is 12.5. The summed E-state index contributed by atoms with van der Waals surface area (Å²) in [6, 6.07) is 8.11. The van der Waals surface area contributed by atoms with Gasteiger partial charge in [-0.2, -0.15) is 0 Å². The molecule has 8 atom stereocenters. The molecule has 4 bridgehead atoms. The van der Waals surface area contributed by atoms with Crippen molar-refractivity contribution in [3.05, 3.63) is 70.8 Å². The van der Waals surface area contributed by atoms with Gasteiger partial charge in [0.25, 0.3) is 0 Å². The average molecular weight is 1240 g/mol. The van der Waals surface area contributed by atoms with Crippen molar-refractivity contribution in [2.45, 2.75) is 240 Å². The molecule has 6 aliphatic carbocycles. The number of alkyl halides is 1. The van der Waals surface area contributed by atoms with E-state index in [1.807, 2.05) is 34.7 Å². The molecule has 0 aromatic heterocycles. The molecule has 6 fully saturated rings. The number of aliphatic hydroxyl groups is 2. The Bertz CT molecular complexity index is 2530. The molecule has 81 heavy (non-hydrogen) atoms. The van der Waals surface area contributed by atoms with Crippen molar-refractivity contribution in [1.29, 1.82) is 0 Å². The average Bonchev–Trinajstić information content (AvgIpc) is 3.64. The first-order valence-corrected chi connectivity index (χ1v) is 33.3. The number of piperidine rings is 2. The molecule has 14 nitrogen and oxygen atoms in total. The molecule has 3 N–H and O–H groups in total. The minimum atomic E-state index is -0.849. The van der Waals surface area contributed by atoms with Gasteiger partial charge in [0.2, 0.25) is 6.79 Å². The van der Waals surface area contributed by atoms with Crippen molar-refractivity contribution >= 4 is 34.9 Å². The van der Waals surface area contributed by atoms with E-state index in [1.165, 1.54) is 114 Å². The second-order valence-electron chi connectivity index (χ2n) is 25.6. The number of ether oxygens (including phenoxy) is 7. The third-order valence-electron chi connectivity index (χ3n) is 20.4. The van der Waals surface area contributed by atoms with Crippen LogP contribution in [0.15, 0.2) is 48.6 Å². The number of likely N-dealkylation sites (tertiary alicyclic amines) is 2. The standard InChI is InChI=1S/C33H47NO6.C21H25NO3.C12H23IO3/c1-3-4-5-6-7-8-9-10-19-37-31(35)39-22-38-26-14-13-25-20-27-33(36)16-15-23(2)30-32(33,28(25)29(26)40-30)17-18-34(27)21-24-11-12-24;1-12-6-7-21(24)16-10-14-4-5-15(23)18-17(14)20(21,19(12)25-18)8-9-22(16)11-13-2-3-13;1-2-3-4-5-6-7-8-9-10-15-12(14)16-11-13/h13-14,24,27,30,36H,2-12,15-22H2,1H3;4-5,13,16,19,23-24H,1-3,6-11H2;2-11H2,1H3/t27?,30-,32-,33+;16?,19-,20-,21+;/m00./s1. The number of phenols is 1. The van der Waals surface area contributed by atoms with Crippen LogP contribution in [0.3, 0.4) is 0 Å². The van der Waals surface area contributed by atoms with Gasteiger partial charge >= 0.3 is 12.3 Å². The monoisotopic (exact) mass is 1230 g/mol. The van der Waals surface area contributed by atoms with E-state index in [-0.39, 0.29) is 36.8 Å². The minimum absolute atomic E-state index is 0.102. The van der Waals surface area contributed by atoms with Crippen LogP contribution in [-0.4, -0.2) is 124 Å². The van der Waals surface area contributed by atoms with Gasteiger partial charge in [0.15, 0.2) is 23.0 Å². The molecule has 0 amide bonds. The molecule has 12 rings (SSSR count). The normalized spacial score (nSPS) is 29.6. The third-order valence-corrected chi connectivity index (χ3v) is 20.7. The largest absolute Gasteiger partial charge is 0.511 e. The summed E-state index contributed by atoms with van der Waals surface area (Å²) < 4.78 is 39.2. The Balaban J connectivity index is 0.000000153. The van der Waals surface area contributed by atoms with Crippen LogP contribution >= 0.6 is 22.6 Å². The molecule has 0 radical (unpaired) electrons. The Kier molecular flexibility index (Phi) is 19.9. The number of hydrogen-bond donors (Lipinski definition) is 3. The second kappa shape index (κ2) is 26.7. The fourth-order valence-corrected chi connectivity index (χ4v) is 16.2. The SMILES string of the molecule is C=C1CC[C@@]2(O)C3Cc4ccc(O)c5c4[C@@]2(CCN3CC2CC2)[C@H]1O5.C=C1CC[C@@]2(O)C3Cc4ccc(OCOC(=O)OCCCCCCCCCC)c5c4[C@@]2(CCN3CC2CC2)[C@H]1O5.CCCCCCCCCCOC(=O)OCI. The van der Waals surface area contributed by atoms with Crippen LogP contribution in [0.25, 0.3) is 0 Å². The van der Waals surface area contributed by atoms with E-state index in [0.29, 0.717) is 35.1 Å². The van der Waals surface area contributed by atoms with Crippen molar-refractivity contribution in [3.63, 3.8) is 0 Å². The van der Waals surface area contributed by atoms with Gasteiger partial charge in [0.05, 0.1) is 35.2 Å². The van der Waals surface area contributed by atoms with Gasteiger partial charge in [-0.1, -0.05) is 129 Å². The van der Waals surface area contributed by atoms with Crippen molar-refractivity contribution in [1.82, 2.24) is 9.80 Å². The molecule has 4 saturated carbocycles. The first-order chi connectivity index (χ1) is 39.3. The molecule has 448 valence electrons. The summed E-state index contributed by atoms with van der Waals surface area (Å²) in [5.74, 6) is 3.66. The number of benzene rings is 2. The number of phenolic OH excluding ortho intramolecular Hbond substituents is 1. The zero-order chi connectivity index (χ0) is 56.8. The summed E-state index contributed by atoms with van der Waals surface area (Å²) in [6.07, 6.45) is 29.5. The molecule has 2 aromatic rings. The van der Waals surface area contributed by atoms with Crippen molar-refractivity contribution < 1.29 is 58.1 Å². The molecular formula is C66H95IN2O12. The topological polar surface area (TPSA) is 166 Å². The van der Waals surface area contributed by atoms with Gasteiger partial charge in [-0.3, -0.25) is 9.80 Å². The molecular weight excluding hydrogens is 1140 g/mol. The molecule has 15 heteroatoms. The van der Waals surface area contributed by atoms with Crippen LogP contribution in [0.2, 0.25) is 0 Å². The summed E-state index contributed by atoms with van der Waals surface area (Å²) in [4.78, 5) is 28.0.